The zero-order chi connectivity index (χ0) is 7.84. The van der Waals surface area contributed by atoms with Crippen molar-refractivity contribution in [2.75, 3.05) is 33.3 Å². The Hall–Kier alpha value is -0.120. The molecule has 0 aromatic carbocycles. The maximum absolute atomic E-state index is 8.73. The van der Waals surface area contributed by atoms with E-state index in [1.54, 1.807) is 0 Å². The molecule has 0 aliphatic carbocycles. The summed E-state index contributed by atoms with van der Waals surface area (Å²) in [5.41, 5.74) is 0. The molecule has 3 heteroatoms. The normalized spacial score (nSPS) is 38.7. The highest BCUT2D eigenvalue weighted by Gasteiger charge is 2.41. The summed E-state index contributed by atoms with van der Waals surface area (Å²) in [6, 6.07) is 1.56. The minimum absolute atomic E-state index is 0.309. The van der Waals surface area contributed by atoms with Crippen molar-refractivity contribution in [3.63, 3.8) is 0 Å². The average molecular weight is 156 g/mol. The van der Waals surface area contributed by atoms with Gasteiger partial charge in [0.25, 0.3) is 0 Å². The zero-order valence-corrected chi connectivity index (χ0v) is 7.03. The van der Waals surface area contributed by atoms with Gasteiger partial charge in [0.1, 0.15) is 0 Å². The van der Waals surface area contributed by atoms with Gasteiger partial charge >= 0.3 is 0 Å². The summed E-state index contributed by atoms with van der Waals surface area (Å²) >= 11 is 0. The zero-order valence-electron chi connectivity index (χ0n) is 7.03. The summed E-state index contributed by atoms with van der Waals surface area (Å²) in [5, 5.41) is 8.73. The third kappa shape index (κ3) is 1.17. The number of piperazine rings is 1. The molecule has 3 heterocycles. The van der Waals surface area contributed by atoms with Crippen molar-refractivity contribution < 1.29 is 5.11 Å². The quantitative estimate of drug-likeness (QED) is 0.576. The smallest absolute Gasteiger partial charge is 0.0558 e. The van der Waals surface area contributed by atoms with Gasteiger partial charge in [-0.1, -0.05) is 0 Å². The molecule has 0 aromatic heterocycles. The van der Waals surface area contributed by atoms with Crippen molar-refractivity contribution in [1.82, 2.24) is 9.80 Å². The molecule has 3 fully saturated rings. The lowest BCUT2D eigenvalue weighted by Crippen LogP contribution is -2.67. The standard InChI is InChI=1S/C8H16N2O/c1-9-7-4-8(9)6-10(5-7)2-3-11/h7-8,11H,2-6H2,1H3. The Balaban J connectivity index is 1.84. The van der Waals surface area contributed by atoms with Crippen molar-refractivity contribution in [1.29, 1.82) is 0 Å². The topological polar surface area (TPSA) is 26.7 Å². The van der Waals surface area contributed by atoms with Crippen LogP contribution in [0.4, 0.5) is 0 Å². The highest BCUT2D eigenvalue weighted by molar-refractivity contribution is 4.98. The Bertz CT molecular complexity index is 139. The predicted molar refractivity (Wildman–Crippen MR) is 43.5 cm³/mol. The number of aliphatic hydroxyl groups excluding tert-OH is 1. The second-order valence-electron chi connectivity index (χ2n) is 3.69. The summed E-state index contributed by atoms with van der Waals surface area (Å²) in [7, 11) is 2.20. The fourth-order valence-corrected chi connectivity index (χ4v) is 2.21. The Labute approximate surface area is 67.6 Å². The first-order valence-corrected chi connectivity index (χ1v) is 4.36. The van der Waals surface area contributed by atoms with Crippen LogP contribution in [0, 0.1) is 0 Å². The maximum Gasteiger partial charge on any atom is 0.0558 e. The number of hydrogen-bond donors (Lipinski definition) is 1. The van der Waals surface area contributed by atoms with Crippen LogP contribution in [0.25, 0.3) is 0 Å². The molecule has 3 aliphatic heterocycles. The molecule has 0 spiro atoms. The molecule has 64 valence electrons. The molecular formula is C8H16N2O. The molecule has 0 radical (unpaired) electrons. The third-order valence-electron chi connectivity index (χ3n) is 3.05. The lowest BCUT2D eigenvalue weighted by atomic mass is 9.88. The molecule has 3 nitrogen and oxygen atoms in total. The second kappa shape index (κ2) is 2.73. The Kier molecular flexibility index (Phi) is 1.87. The van der Waals surface area contributed by atoms with E-state index in [2.05, 4.69) is 16.8 Å². The summed E-state index contributed by atoms with van der Waals surface area (Å²) in [5.74, 6) is 0. The first-order chi connectivity index (χ1) is 5.31. The highest BCUT2D eigenvalue weighted by atomic mass is 16.3. The molecule has 3 saturated heterocycles. The Morgan fingerprint density at radius 1 is 1.36 bits per heavy atom. The van der Waals surface area contributed by atoms with E-state index in [9.17, 15) is 0 Å². The van der Waals surface area contributed by atoms with Crippen molar-refractivity contribution in [2.24, 2.45) is 0 Å². The predicted octanol–water partition coefficient (Wildman–Crippen LogP) is -0.633. The van der Waals surface area contributed by atoms with E-state index < -0.39 is 0 Å². The van der Waals surface area contributed by atoms with Gasteiger partial charge in [-0.15, -0.1) is 0 Å². The number of fused-ring (bicyclic) bond motifs is 2. The lowest BCUT2D eigenvalue weighted by Gasteiger charge is -2.54. The van der Waals surface area contributed by atoms with E-state index in [4.69, 9.17) is 5.11 Å². The molecule has 1 N–H and O–H groups in total. The van der Waals surface area contributed by atoms with E-state index in [0.29, 0.717) is 6.61 Å². The van der Waals surface area contributed by atoms with Gasteiger partial charge < -0.3 is 5.11 Å². The van der Waals surface area contributed by atoms with E-state index in [1.807, 2.05) is 0 Å². The van der Waals surface area contributed by atoms with Crippen LogP contribution in [0.1, 0.15) is 6.42 Å². The van der Waals surface area contributed by atoms with Crippen LogP contribution in [0.5, 0.6) is 0 Å². The van der Waals surface area contributed by atoms with Crippen LogP contribution in [-0.2, 0) is 0 Å². The van der Waals surface area contributed by atoms with E-state index in [1.165, 1.54) is 6.42 Å². The van der Waals surface area contributed by atoms with Gasteiger partial charge in [-0.05, 0) is 13.5 Å². The van der Waals surface area contributed by atoms with Crippen molar-refractivity contribution in [3.8, 4) is 0 Å². The molecule has 0 amide bonds. The van der Waals surface area contributed by atoms with Gasteiger partial charge in [0, 0.05) is 31.7 Å². The largest absolute Gasteiger partial charge is 0.395 e. The molecule has 3 rings (SSSR count). The molecular weight excluding hydrogens is 140 g/mol. The van der Waals surface area contributed by atoms with Crippen molar-refractivity contribution in [2.45, 2.75) is 18.5 Å². The first kappa shape index (κ1) is 7.53. The van der Waals surface area contributed by atoms with Gasteiger partial charge in [0.15, 0.2) is 0 Å². The SMILES string of the molecule is CN1C2CC1CN(CCO)C2. The van der Waals surface area contributed by atoms with Crippen molar-refractivity contribution in [3.05, 3.63) is 0 Å². The molecule has 2 bridgehead atoms. The monoisotopic (exact) mass is 156 g/mol. The van der Waals surface area contributed by atoms with Crippen LogP contribution in [0.3, 0.4) is 0 Å². The van der Waals surface area contributed by atoms with Gasteiger partial charge in [-0.2, -0.15) is 0 Å². The minimum atomic E-state index is 0.309. The summed E-state index contributed by atoms with van der Waals surface area (Å²) in [6.45, 7) is 3.49. The van der Waals surface area contributed by atoms with E-state index >= 15 is 0 Å². The van der Waals surface area contributed by atoms with Crippen molar-refractivity contribution >= 4 is 0 Å². The molecule has 0 saturated carbocycles. The second-order valence-corrected chi connectivity index (χ2v) is 3.69. The van der Waals surface area contributed by atoms with Crippen LogP contribution < -0.4 is 0 Å². The average Bonchev–Trinajstić information content (AvgIpc) is 2.05. The fraction of sp³-hybridized carbons (Fsp3) is 1.00. The van der Waals surface area contributed by atoms with E-state index in [-0.39, 0.29) is 0 Å². The lowest BCUT2D eigenvalue weighted by molar-refractivity contribution is -0.0537. The van der Waals surface area contributed by atoms with Crippen LogP contribution in [0.15, 0.2) is 0 Å². The summed E-state index contributed by atoms with van der Waals surface area (Å²) in [4.78, 5) is 4.81. The molecule has 3 aliphatic rings. The van der Waals surface area contributed by atoms with Crippen LogP contribution in [-0.4, -0.2) is 60.3 Å². The molecule has 2 atom stereocenters. The number of piperidine rings is 1. The number of hydrogen-bond acceptors (Lipinski definition) is 3. The van der Waals surface area contributed by atoms with E-state index in [0.717, 1.165) is 31.7 Å². The summed E-state index contributed by atoms with van der Waals surface area (Å²) < 4.78 is 0. The first-order valence-electron chi connectivity index (χ1n) is 4.36. The fourth-order valence-electron chi connectivity index (χ4n) is 2.21. The Morgan fingerprint density at radius 2 is 2.00 bits per heavy atom. The molecule has 11 heavy (non-hydrogen) atoms. The minimum Gasteiger partial charge on any atom is -0.395 e. The molecule has 2 unspecified atom stereocenters. The van der Waals surface area contributed by atoms with Crippen LogP contribution in [0.2, 0.25) is 0 Å². The number of rotatable bonds is 2. The molecule has 0 aromatic rings. The highest BCUT2D eigenvalue weighted by Crippen LogP contribution is 2.29. The number of likely N-dealkylation sites (N-methyl/N-ethyl adjacent to an activating group) is 1. The number of nitrogens with zero attached hydrogens (tertiary/aromatic N) is 2. The third-order valence-corrected chi connectivity index (χ3v) is 3.05. The maximum atomic E-state index is 8.73. The van der Waals surface area contributed by atoms with Gasteiger partial charge in [0.05, 0.1) is 6.61 Å². The number of aliphatic hydroxyl groups is 1. The van der Waals surface area contributed by atoms with Crippen LogP contribution >= 0.6 is 0 Å². The Morgan fingerprint density at radius 3 is 2.45 bits per heavy atom. The summed E-state index contributed by atoms with van der Waals surface area (Å²) in [6.07, 6.45) is 1.37. The van der Waals surface area contributed by atoms with Gasteiger partial charge in [-0.3, -0.25) is 9.80 Å². The van der Waals surface area contributed by atoms with Gasteiger partial charge in [-0.25, -0.2) is 0 Å². The van der Waals surface area contributed by atoms with Gasteiger partial charge in [0.2, 0.25) is 0 Å².